The van der Waals surface area contributed by atoms with Gasteiger partial charge >= 0.3 is 0 Å². The fraction of sp³-hybridized carbons (Fsp3) is 0.0625. The summed E-state index contributed by atoms with van der Waals surface area (Å²) in [5.41, 5.74) is 15.3. The van der Waals surface area contributed by atoms with Crippen molar-refractivity contribution in [3.8, 4) is 16.9 Å². The molecule has 6 nitrogen and oxygen atoms in total. The van der Waals surface area contributed by atoms with Crippen LogP contribution in [0.15, 0.2) is 59.7 Å². The van der Waals surface area contributed by atoms with Gasteiger partial charge in [-0.2, -0.15) is 0 Å². The summed E-state index contributed by atoms with van der Waals surface area (Å²) in [5, 5.41) is 8.40. The number of para-hydroxylation sites is 1. The monoisotopic (exact) mass is 292 g/mol. The molecule has 0 spiro atoms. The van der Waals surface area contributed by atoms with E-state index in [1.165, 1.54) is 0 Å². The Morgan fingerprint density at radius 2 is 1.91 bits per heavy atom. The van der Waals surface area contributed by atoms with Gasteiger partial charge in [0.25, 0.3) is 0 Å². The van der Waals surface area contributed by atoms with Crippen molar-refractivity contribution in [3.63, 3.8) is 0 Å². The normalized spacial score (nSPS) is 10.4. The number of hydrogen-bond donors (Lipinski definition) is 2. The van der Waals surface area contributed by atoms with Gasteiger partial charge in [-0.1, -0.05) is 35.5 Å². The van der Waals surface area contributed by atoms with Gasteiger partial charge in [0, 0.05) is 5.56 Å². The zero-order chi connectivity index (χ0) is 15.5. The van der Waals surface area contributed by atoms with Gasteiger partial charge in [0.2, 0.25) is 0 Å². The Bertz CT molecular complexity index is 830. The largest absolute Gasteiger partial charge is 0.370 e. The number of rotatable bonds is 3. The second-order valence-electron chi connectivity index (χ2n) is 4.94. The Morgan fingerprint density at radius 1 is 1.09 bits per heavy atom. The lowest BCUT2D eigenvalue weighted by molar-refractivity contribution is 0.803. The molecule has 3 rings (SSSR count). The van der Waals surface area contributed by atoms with Crippen LogP contribution in [0.2, 0.25) is 0 Å². The molecule has 1 aromatic heterocycles. The average Bonchev–Trinajstić information content (AvgIpc) is 2.97. The van der Waals surface area contributed by atoms with E-state index >= 15 is 0 Å². The molecule has 0 aliphatic carbocycles. The minimum absolute atomic E-state index is 0.0125. The van der Waals surface area contributed by atoms with Crippen molar-refractivity contribution in [2.45, 2.75) is 6.92 Å². The molecule has 0 unspecified atom stereocenters. The minimum atomic E-state index is 0.0125. The van der Waals surface area contributed by atoms with Crippen molar-refractivity contribution < 1.29 is 0 Å². The molecule has 2 aromatic carbocycles. The highest BCUT2D eigenvalue weighted by atomic mass is 15.4. The number of guanidine groups is 1. The molecule has 0 atom stereocenters. The van der Waals surface area contributed by atoms with Gasteiger partial charge in [-0.05, 0) is 30.7 Å². The number of aliphatic imine (C=N–C) groups is 1. The van der Waals surface area contributed by atoms with Crippen molar-refractivity contribution in [1.82, 2.24) is 15.0 Å². The van der Waals surface area contributed by atoms with E-state index in [9.17, 15) is 0 Å². The van der Waals surface area contributed by atoms with Gasteiger partial charge in [0.15, 0.2) is 5.96 Å². The third kappa shape index (κ3) is 2.80. The minimum Gasteiger partial charge on any atom is -0.370 e. The molecule has 110 valence electrons. The summed E-state index contributed by atoms with van der Waals surface area (Å²) in [7, 11) is 0. The first kappa shape index (κ1) is 13.8. The molecular formula is C16H16N6. The SMILES string of the molecule is Cc1cccc(-n2cc(-c3ccccc3N=C(N)N)nn2)c1. The molecule has 4 N–H and O–H groups in total. The van der Waals surface area contributed by atoms with E-state index in [1.54, 1.807) is 4.68 Å². The standard InChI is InChI=1S/C16H16N6/c1-11-5-4-6-12(9-11)22-10-15(20-21-22)13-7-2-3-8-14(13)19-16(17)18/h2-10H,1H3,(H4,17,18,19). The summed E-state index contributed by atoms with van der Waals surface area (Å²) in [5.74, 6) is 0.0125. The lowest BCUT2D eigenvalue weighted by atomic mass is 10.1. The Kier molecular flexibility index (Phi) is 3.57. The highest BCUT2D eigenvalue weighted by Crippen LogP contribution is 2.28. The number of nitrogens with zero attached hydrogens (tertiary/aromatic N) is 4. The summed E-state index contributed by atoms with van der Waals surface area (Å²) >= 11 is 0. The van der Waals surface area contributed by atoms with E-state index in [0.29, 0.717) is 11.4 Å². The van der Waals surface area contributed by atoms with Crippen molar-refractivity contribution in [1.29, 1.82) is 0 Å². The van der Waals surface area contributed by atoms with Crippen molar-refractivity contribution in [2.24, 2.45) is 16.5 Å². The van der Waals surface area contributed by atoms with Crippen molar-refractivity contribution >= 4 is 11.6 Å². The maximum absolute atomic E-state index is 5.47. The molecule has 0 fully saturated rings. The first-order chi connectivity index (χ1) is 10.6. The summed E-state index contributed by atoms with van der Waals surface area (Å²) in [4.78, 5) is 4.13. The zero-order valence-corrected chi connectivity index (χ0v) is 12.1. The summed E-state index contributed by atoms with van der Waals surface area (Å²) < 4.78 is 1.73. The molecule has 3 aromatic rings. The van der Waals surface area contributed by atoms with E-state index in [0.717, 1.165) is 16.8 Å². The molecule has 0 amide bonds. The molecule has 1 heterocycles. The number of aromatic nitrogens is 3. The van der Waals surface area contributed by atoms with E-state index in [2.05, 4.69) is 15.3 Å². The molecule has 0 saturated carbocycles. The predicted molar refractivity (Wildman–Crippen MR) is 87.0 cm³/mol. The van der Waals surface area contributed by atoms with Crippen LogP contribution in [0.3, 0.4) is 0 Å². The van der Waals surface area contributed by atoms with Crippen LogP contribution < -0.4 is 11.5 Å². The topological polar surface area (TPSA) is 95.1 Å². The Balaban J connectivity index is 2.03. The lowest BCUT2D eigenvalue weighted by Crippen LogP contribution is -2.21. The predicted octanol–water partition coefficient (Wildman–Crippen LogP) is 2.15. The summed E-state index contributed by atoms with van der Waals surface area (Å²) in [6.07, 6.45) is 1.86. The van der Waals surface area contributed by atoms with Gasteiger partial charge in [-0.25, -0.2) is 9.67 Å². The first-order valence-corrected chi connectivity index (χ1v) is 6.82. The molecule has 0 bridgehead atoms. The number of hydrogen-bond acceptors (Lipinski definition) is 3. The zero-order valence-electron chi connectivity index (χ0n) is 12.1. The Labute approximate surface area is 128 Å². The molecule has 22 heavy (non-hydrogen) atoms. The van der Waals surface area contributed by atoms with Gasteiger partial charge < -0.3 is 11.5 Å². The van der Waals surface area contributed by atoms with Crippen LogP contribution in [0.1, 0.15) is 5.56 Å². The van der Waals surface area contributed by atoms with E-state index in [4.69, 9.17) is 11.5 Å². The maximum Gasteiger partial charge on any atom is 0.191 e. The summed E-state index contributed by atoms with van der Waals surface area (Å²) in [6, 6.07) is 15.6. The number of aryl methyl sites for hydroxylation is 1. The van der Waals surface area contributed by atoms with Crippen LogP contribution in [0.25, 0.3) is 16.9 Å². The van der Waals surface area contributed by atoms with Gasteiger partial charge in [0.05, 0.1) is 17.6 Å². The van der Waals surface area contributed by atoms with Crippen molar-refractivity contribution in [2.75, 3.05) is 0 Å². The smallest absolute Gasteiger partial charge is 0.191 e. The van der Waals surface area contributed by atoms with E-state index in [1.807, 2.05) is 61.7 Å². The molecule has 6 heteroatoms. The van der Waals surface area contributed by atoms with E-state index in [-0.39, 0.29) is 5.96 Å². The second-order valence-corrected chi connectivity index (χ2v) is 4.94. The second kappa shape index (κ2) is 5.69. The highest BCUT2D eigenvalue weighted by molar-refractivity contribution is 5.83. The highest BCUT2D eigenvalue weighted by Gasteiger charge is 2.09. The van der Waals surface area contributed by atoms with Gasteiger partial charge in [-0.15, -0.1) is 5.10 Å². The molecule has 0 radical (unpaired) electrons. The van der Waals surface area contributed by atoms with Crippen LogP contribution >= 0.6 is 0 Å². The van der Waals surface area contributed by atoms with Gasteiger partial charge in [-0.3, -0.25) is 0 Å². The fourth-order valence-corrected chi connectivity index (χ4v) is 2.21. The van der Waals surface area contributed by atoms with Gasteiger partial charge in [0.1, 0.15) is 5.69 Å². The van der Waals surface area contributed by atoms with Crippen LogP contribution in [-0.2, 0) is 0 Å². The number of benzene rings is 2. The van der Waals surface area contributed by atoms with Crippen LogP contribution in [0, 0.1) is 6.92 Å². The molecular weight excluding hydrogens is 276 g/mol. The molecule has 0 aliphatic heterocycles. The van der Waals surface area contributed by atoms with Crippen molar-refractivity contribution in [3.05, 3.63) is 60.3 Å². The Morgan fingerprint density at radius 3 is 2.68 bits per heavy atom. The molecule has 0 saturated heterocycles. The maximum atomic E-state index is 5.47. The van der Waals surface area contributed by atoms with E-state index < -0.39 is 0 Å². The lowest BCUT2D eigenvalue weighted by Gasteiger charge is -2.02. The van der Waals surface area contributed by atoms with Crippen LogP contribution in [-0.4, -0.2) is 21.0 Å². The first-order valence-electron chi connectivity index (χ1n) is 6.82. The number of nitrogens with two attached hydrogens (primary N) is 2. The van der Waals surface area contributed by atoms with Crippen LogP contribution in [0.5, 0.6) is 0 Å². The fourth-order valence-electron chi connectivity index (χ4n) is 2.21. The quantitative estimate of drug-likeness (QED) is 0.571. The third-order valence-electron chi connectivity index (χ3n) is 3.19. The Hall–Kier alpha value is -3.15. The average molecular weight is 292 g/mol. The van der Waals surface area contributed by atoms with Crippen LogP contribution in [0.4, 0.5) is 5.69 Å². The third-order valence-corrected chi connectivity index (χ3v) is 3.19. The summed E-state index contributed by atoms with van der Waals surface area (Å²) in [6.45, 7) is 2.04. The molecule has 0 aliphatic rings.